The first-order chi connectivity index (χ1) is 10.8. The Hall–Kier alpha value is -1.80. The van der Waals surface area contributed by atoms with Crippen LogP contribution in [0.3, 0.4) is 0 Å². The largest absolute Gasteiger partial charge is 0.451 e. The van der Waals surface area contributed by atoms with Crippen LogP contribution < -0.4 is 0 Å². The molecule has 1 aliphatic rings. The molecule has 23 heavy (non-hydrogen) atoms. The van der Waals surface area contributed by atoms with Crippen molar-refractivity contribution in [1.82, 2.24) is 14.9 Å². The van der Waals surface area contributed by atoms with Gasteiger partial charge in [-0.2, -0.15) is 13.2 Å². The third-order valence-corrected chi connectivity index (χ3v) is 4.83. The van der Waals surface area contributed by atoms with Crippen LogP contribution in [0.1, 0.15) is 38.6 Å². The molecule has 0 bridgehead atoms. The average molecular weight is 341 g/mol. The predicted molar refractivity (Wildman–Crippen MR) is 79.2 cm³/mol. The molecule has 0 aliphatic carbocycles. The molecule has 0 aromatic carbocycles. The second-order valence-corrected chi connectivity index (χ2v) is 6.61. The third kappa shape index (κ3) is 3.59. The van der Waals surface area contributed by atoms with Gasteiger partial charge in [0.25, 0.3) is 0 Å². The topological polar surface area (TPSA) is 46.1 Å². The minimum Gasteiger partial charge on any atom is -0.294 e. The van der Waals surface area contributed by atoms with Gasteiger partial charge in [-0.1, -0.05) is 0 Å². The van der Waals surface area contributed by atoms with Crippen LogP contribution in [-0.4, -0.2) is 27.2 Å². The lowest BCUT2D eigenvalue weighted by molar-refractivity contribution is -0.145. The predicted octanol–water partition coefficient (Wildman–Crippen LogP) is 3.32. The first-order valence-electron chi connectivity index (χ1n) is 7.07. The van der Waals surface area contributed by atoms with E-state index in [-0.39, 0.29) is 5.78 Å². The zero-order valence-electron chi connectivity index (χ0n) is 12.4. The molecule has 8 heteroatoms. The van der Waals surface area contributed by atoms with Gasteiger partial charge in [0.2, 0.25) is 5.82 Å². The summed E-state index contributed by atoms with van der Waals surface area (Å²) in [6.07, 6.45) is -2.77. The summed E-state index contributed by atoms with van der Waals surface area (Å²) in [5.41, 5.74) is 1.20. The van der Waals surface area contributed by atoms with E-state index in [0.29, 0.717) is 31.7 Å². The maximum Gasteiger partial charge on any atom is 0.451 e. The Balaban J connectivity index is 1.71. The molecule has 4 nitrogen and oxygen atoms in total. The van der Waals surface area contributed by atoms with Gasteiger partial charge in [0, 0.05) is 42.7 Å². The molecule has 2 aromatic rings. The lowest BCUT2D eigenvalue weighted by atomic mass is 10.1. The summed E-state index contributed by atoms with van der Waals surface area (Å²) in [6, 6.07) is 3.72. The monoisotopic (exact) mass is 341 g/mol. The van der Waals surface area contributed by atoms with Gasteiger partial charge in [0.05, 0.1) is 10.6 Å². The molecular formula is C15H14F3N3OS. The summed E-state index contributed by atoms with van der Waals surface area (Å²) in [4.78, 5) is 22.3. The zero-order valence-corrected chi connectivity index (χ0v) is 13.2. The van der Waals surface area contributed by atoms with Crippen LogP contribution in [0.15, 0.2) is 18.3 Å². The van der Waals surface area contributed by atoms with Gasteiger partial charge in [-0.05, 0) is 19.1 Å². The van der Waals surface area contributed by atoms with Crippen molar-refractivity contribution in [2.24, 2.45) is 0 Å². The van der Waals surface area contributed by atoms with Crippen molar-refractivity contribution in [3.05, 3.63) is 45.2 Å². The second-order valence-electron chi connectivity index (χ2n) is 5.45. The van der Waals surface area contributed by atoms with E-state index < -0.39 is 12.0 Å². The summed E-state index contributed by atoms with van der Waals surface area (Å²) in [5, 5.41) is 0. The van der Waals surface area contributed by atoms with E-state index in [9.17, 15) is 18.0 Å². The SMILES string of the molecule is CC(=O)c1ccc(CN2CCc3nc(C(F)(F)F)ncc3C2)s1. The number of hydrogen-bond acceptors (Lipinski definition) is 5. The van der Waals surface area contributed by atoms with Crippen LogP contribution in [-0.2, 0) is 25.7 Å². The number of alkyl halides is 3. The molecule has 3 heterocycles. The van der Waals surface area contributed by atoms with Gasteiger partial charge in [-0.3, -0.25) is 9.69 Å². The molecule has 2 aromatic heterocycles. The number of carbonyl (C=O) groups excluding carboxylic acids is 1. The maximum absolute atomic E-state index is 12.6. The van der Waals surface area contributed by atoms with Gasteiger partial charge in [-0.15, -0.1) is 11.3 Å². The second kappa shape index (κ2) is 6.01. The van der Waals surface area contributed by atoms with Gasteiger partial charge < -0.3 is 0 Å². The summed E-state index contributed by atoms with van der Waals surface area (Å²) in [7, 11) is 0. The minimum atomic E-state index is -4.51. The lowest BCUT2D eigenvalue weighted by Gasteiger charge is -2.27. The summed E-state index contributed by atoms with van der Waals surface area (Å²) >= 11 is 1.45. The van der Waals surface area contributed by atoms with Crippen LogP contribution in [0.5, 0.6) is 0 Å². The molecule has 0 radical (unpaired) electrons. The molecule has 0 fully saturated rings. The number of ketones is 1. The summed E-state index contributed by atoms with van der Waals surface area (Å²) < 4.78 is 37.9. The number of carbonyl (C=O) groups is 1. The Morgan fingerprint density at radius 3 is 2.83 bits per heavy atom. The van der Waals surface area contributed by atoms with E-state index in [1.165, 1.54) is 24.5 Å². The number of thiophene rings is 1. The molecule has 1 aliphatic heterocycles. The van der Waals surface area contributed by atoms with Crippen molar-refractivity contribution < 1.29 is 18.0 Å². The van der Waals surface area contributed by atoms with E-state index in [1.54, 1.807) is 6.07 Å². The Morgan fingerprint density at radius 1 is 1.39 bits per heavy atom. The highest BCUT2D eigenvalue weighted by molar-refractivity contribution is 7.14. The fourth-order valence-electron chi connectivity index (χ4n) is 2.52. The molecule has 0 saturated carbocycles. The Bertz CT molecular complexity index is 742. The molecule has 0 spiro atoms. The number of aromatic nitrogens is 2. The molecule has 122 valence electrons. The maximum atomic E-state index is 12.6. The third-order valence-electron chi connectivity index (χ3n) is 3.65. The fraction of sp³-hybridized carbons (Fsp3) is 0.400. The first-order valence-corrected chi connectivity index (χ1v) is 7.88. The highest BCUT2D eigenvalue weighted by atomic mass is 32.1. The van der Waals surface area contributed by atoms with Gasteiger partial charge in [-0.25, -0.2) is 9.97 Å². The molecule has 0 unspecified atom stereocenters. The molecule has 0 amide bonds. The van der Waals surface area contributed by atoms with Crippen molar-refractivity contribution >= 4 is 17.1 Å². The number of hydrogen-bond donors (Lipinski definition) is 0. The van der Waals surface area contributed by atoms with Crippen LogP contribution in [0.2, 0.25) is 0 Å². The van der Waals surface area contributed by atoms with E-state index in [0.717, 1.165) is 15.3 Å². The molecule has 0 saturated heterocycles. The lowest BCUT2D eigenvalue weighted by Crippen LogP contribution is -2.31. The van der Waals surface area contributed by atoms with Crippen LogP contribution in [0.4, 0.5) is 13.2 Å². The quantitative estimate of drug-likeness (QED) is 0.804. The molecule has 0 atom stereocenters. The highest BCUT2D eigenvalue weighted by Gasteiger charge is 2.35. The summed E-state index contributed by atoms with van der Waals surface area (Å²) in [6.45, 7) is 3.34. The van der Waals surface area contributed by atoms with Gasteiger partial charge >= 0.3 is 6.18 Å². The highest BCUT2D eigenvalue weighted by Crippen LogP contribution is 2.28. The van der Waals surface area contributed by atoms with Crippen molar-refractivity contribution in [2.75, 3.05) is 6.54 Å². The average Bonchev–Trinajstić information content (AvgIpc) is 2.94. The fourth-order valence-corrected chi connectivity index (χ4v) is 3.46. The van der Waals surface area contributed by atoms with Crippen molar-refractivity contribution in [2.45, 2.75) is 32.6 Å². The standard InChI is InChI=1S/C15H14F3N3OS/c1-9(22)13-3-2-11(23-13)8-21-5-4-12-10(7-21)6-19-14(20-12)15(16,17)18/h2-3,6H,4-5,7-8H2,1H3. The number of rotatable bonds is 3. The Morgan fingerprint density at radius 2 is 2.17 bits per heavy atom. The minimum absolute atomic E-state index is 0.0401. The number of nitrogens with zero attached hydrogens (tertiary/aromatic N) is 3. The Kier molecular flexibility index (Phi) is 4.20. The molecule has 0 N–H and O–H groups in total. The van der Waals surface area contributed by atoms with E-state index in [4.69, 9.17) is 0 Å². The number of Topliss-reactive ketones (excluding diaryl/α,β-unsaturated/α-hetero) is 1. The summed E-state index contributed by atoms with van der Waals surface area (Å²) in [5.74, 6) is -1.03. The van der Waals surface area contributed by atoms with E-state index >= 15 is 0 Å². The van der Waals surface area contributed by atoms with Crippen LogP contribution in [0, 0.1) is 0 Å². The van der Waals surface area contributed by atoms with Crippen molar-refractivity contribution in [3.63, 3.8) is 0 Å². The number of halogens is 3. The van der Waals surface area contributed by atoms with E-state index in [1.807, 2.05) is 6.07 Å². The smallest absolute Gasteiger partial charge is 0.294 e. The molecule has 3 rings (SSSR count). The number of fused-ring (bicyclic) bond motifs is 1. The van der Waals surface area contributed by atoms with Crippen LogP contribution >= 0.6 is 11.3 Å². The first kappa shape index (κ1) is 16.1. The normalized spacial score (nSPS) is 15.5. The molecular weight excluding hydrogens is 327 g/mol. The zero-order chi connectivity index (χ0) is 16.6. The Labute approximate surface area is 135 Å². The van der Waals surface area contributed by atoms with Crippen molar-refractivity contribution in [1.29, 1.82) is 0 Å². The van der Waals surface area contributed by atoms with Gasteiger partial charge in [0.1, 0.15) is 0 Å². The van der Waals surface area contributed by atoms with Crippen LogP contribution in [0.25, 0.3) is 0 Å². The van der Waals surface area contributed by atoms with Crippen molar-refractivity contribution in [3.8, 4) is 0 Å². The van der Waals surface area contributed by atoms with E-state index in [2.05, 4.69) is 14.9 Å². The van der Waals surface area contributed by atoms with Gasteiger partial charge in [0.15, 0.2) is 5.78 Å².